The van der Waals surface area contributed by atoms with E-state index in [4.69, 9.17) is 11.5 Å². The van der Waals surface area contributed by atoms with Crippen LogP contribution in [0.5, 0.6) is 0 Å². The van der Waals surface area contributed by atoms with Crippen molar-refractivity contribution in [2.24, 2.45) is 11.5 Å². The first-order valence-corrected chi connectivity index (χ1v) is 6.76. The van der Waals surface area contributed by atoms with E-state index in [0.29, 0.717) is 19.6 Å². The van der Waals surface area contributed by atoms with Crippen molar-refractivity contribution in [2.45, 2.75) is 19.0 Å². The molecule has 1 atom stereocenters. The van der Waals surface area contributed by atoms with E-state index in [0.717, 1.165) is 5.56 Å². The van der Waals surface area contributed by atoms with Gasteiger partial charge in [0, 0.05) is 32.0 Å². The number of aromatic nitrogens is 1. The van der Waals surface area contributed by atoms with Gasteiger partial charge in [-0.25, -0.2) is 0 Å². The molecule has 0 saturated carbocycles. The fourth-order valence-electron chi connectivity index (χ4n) is 1.84. The predicted molar refractivity (Wildman–Crippen MR) is 80.0 cm³/mol. The molecule has 0 spiro atoms. The fourth-order valence-corrected chi connectivity index (χ4v) is 1.84. The van der Waals surface area contributed by atoms with Gasteiger partial charge in [0.05, 0.1) is 12.5 Å². The van der Waals surface area contributed by atoms with Gasteiger partial charge in [0.1, 0.15) is 0 Å². The van der Waals surface area contributed by atoms with Crippen LogP contribution in [-0.4, -0.2) is 59.8 Å². The maximum Gasteiger partial charge on any atom is 0.240 e. The summed E-state index contributed by atoms with van der Waals surface area (Å²) >= 11 is 0. The van der Waals surface area contributed by atoms with Crippen molar-refractivity contribution in [3.63, 3.8) is 0 Å². The molecule has 0 saturated heterocycles. The molecular weight excluding hydrogens is 270 g/mol. The minimum atomic E-state index is -0.902. The van der Waals surface area contributed by atoms with Crippen LogP contribution in [0, 0.1) is 0 Å². The van der Waals surface area contributed by atoms with Crippen molar-refractivity contribution in [1.82, 2.24) is 14.8 Å². The quantitative estimate of drug-likeness (QED) is 0.651. The van der Waals surface area contributed by atoms with Gasteiger partial charge < -0.3 is 21.3 Å². The van der Waals surface area contributed by atoms with E-state index in [1.807, 2.05) is 31.1 Å². The standard InChI is InChI=1S/C14H23N5O2/c1-18(2)6-7-19(10-11-4-3-5-17-9-11)14(21)12(15)8-13(16)20/h3-5,9,12H,6-8,10,15H2,1-2H3,(H2,16,20). The first kappa shape index (κ1) is 17.1. The molecule has 0 aliphatic rings. The molecular formula is C14H23N5O2. The summed E-state index contributed by atoms with van der Waals surface area (Å²) in [7, 11) is 3.85. The molecule has 0 radical (unpaired) electrons. The van der Waals surface area contributed by atoms with E-state index < -0.39 is 11.9 Å². The van der Waals surface area contributed by atoms with Crippen LogP contribution in [0.3, 0.4) is 0 Å². The van der Waals surface area contributed by atoms with Crippen LogP contribution in [0.15, 0.2) is 24.5 Å². The van der Waals surface area contributed by atoms with Crippen LogP contribution in [-0.2, 0) is 16.1 Å². The lowest BCUT2D eigenvalue weighted by atomic mass is 10.1. The van der Waals surface area contributed by atoms with Gasteiger partial charge in [0.2, 0.25) is 11.8 Å². The minimum Gasteiger partial charge on any atom is -0.370 e. The van der Waals surface area contributed by atoms with E-state index in [-0.39, 0.29) is 12.3 Å². The van der Waals surface area contributed by atoms with Crippen molar-refractivity contribution < 1.29 is 9.59 Å². The summed E-state index contributed by atoms with van der Waals surface area (Å²) < 4.78 is 0. The molecule has 1 aromatic rings. The zero-order valence-corrected chi connectivity index (χ0v) is 12.5. The summed E-state index contributed by atoms with van der Waals surface area (Å²) in [5.74, 6) is -0.857. The van der Waals surface area contributed by atoms with Gasteiger partial charge in [-0.1, -0.05) is 6.07 Å². The highest BCUT2D eigenvalue weighted by Crippen LogP contribution is 2.06. The number of amides is 2. The number of rotatable bonds is 8. The molecule has 0 bridgehead atoms. The van der Waals surface area contributed by atoms with E-state index in [1.54, 1.807) is 17.3 Å². The molecule has 0 fully saturated rings. The summed E-state index contributed by atoms with van der Waals surface area (Å²) in [4.78, 5) is 30.9. The maximum atomic E-state index is 12.3. The summed E-state index contributed by atoms with van der Waals surface area (Å²) in [5.41, 5.74) is 11.8. The lowest BCUT2D eigenvalue weighted by Gasteiger charge is -2.26. The Morgan fingerprint density at radius 2 is 2.05 bits per heavy atom. The smallest absolute Gasteiger partial charge is 0.240 e. The summed E-state index contributed by atoms with van der Waals surface area (Å²) in [6.45, 7) is 1.63. The third-order valence-electron chi connectivity index (χ3n) is 2.96. The molecule has 7 heteroatoms. The van der Waals surface area contributed by atoms with Crippen molar-refractivity contribution >= 4 is 11.8 Å². The summed E-state index contributed by atoms with van der Waals surface area (Å²) in [6, 6.07) is 2.80. The molecule has 7 nitrogen and oxygen atoms in total. The highest BCUT2D eigenvalue weighted by Gasteiger charge is 2.22. The number of nitrogens with zero attached hydrogens (tertiary/aromatic N) is 3. The van der Waals surface area contributed by atoms with Crippen LogP contribution in [0.2, 0.25) is 0 Å². The van der Waals surface area contributed by atoms with Crippen LogP contribution in [0.1, 0.15) is 12.0 Å². The first-order valence-electron chi connectivity index (χ1n) is 6.76. The predicted octanol–water partition coefficient (Wildman–Crippen LogP) is -0.825. The average Bonchev–Trinajstić information content (AvgIpc) is 2.42. The van der Waals surface area contributed by atoms with Crippen LogP contribution in [0.4, 0.5) is 0 Å². The Morgan fingerprint density at radius 1 is 1.33 bits per heavy atom. The third kappa shape index (κ3) is 6.33. The van der Waals surface area contributed by atoms with Gasteiger partial charge in [0.25, 0.3) is 0 Å². The van der Waals surface area contributed by atoms with Crippen molar-refractivity contribution in [2.75, 3.05) is 27.2 Å². The number of hydrogen-bond donors (Lipinski definition) is 2. The summed E-state index contributed by atoms with van der Waals surface area (Å²) in [6.07, 6.45) is 3.23. The highest BCUT2D eigenvalue weighted by molar-refractivity contribution is 5.87. The molecule has 0 aliphatic heterocycles. The Kier molecular flexibility index (Phi) is 6.77. The third-order valence-corrected chi connectivity index (χ3v) is 2.96. The molecule has 1 rings (SSSR count). The molecule has 4 N–H and O–H groups in total. The monoisotopic (exact) mass is 293 g/mol. The van der Waals surface area contributed by atoms with Crippen LogP contribution in [0.25, 0.3) is 0 Å². The lowest BCUT2D eigenvalue weighted by Crippen LogP contribution is -2.47. The molecule has 1 unspecified atom stereocenters. The Bertz CT molecular complexity index is 464. The van der Waals surface area contributed by atoms with Crippen LogP contribution >= 0.6 is 0 Å². The second-order valence-corrected chi connectivity index (χ2v) is 5.20. The Balaban J connectivity index is 2.75. The van der Waals surface area contributed by atoms with Gasteiger partial charge in [-0.3, -0.25) is 14.6 Å². The molecule has 116 valence electrons. The molecule has 0 aromatic carbocycles. The second kappa shape index (κ2) is 8.33. The summed E-state index contributed by atoms with van der Waals surface area (Å²) in [5, 5.41) is 0. The number of likely N-dealkylation sites (N-methyl/N-ethyl adjacent to an activating group) is 1. The average molecular weight is 293 g/mol. The topological polar surface area (TPSA) is 106 Å². The van der Waals surface area contributed by atoms with Crippen molar-refractivity contribution in [3.05, 3.63) is 30.1 Å². The molecule has 2 amide bonds. The van der Waals surface area contributed by atoms with E-state index in [2.05, 4.69) is 4.98 Å². The second-order valence-electron chi connectivity index (χ2n) is 5.20. The van der Waals surface area contributed by atoms with Gasteiger partial charge in [0.15, 0.2) is 0 Å². The molecule has 1 heterocycles. The Labute approximate surface area is 124 Å². The lowest BCUT2D eigenvalue weighted by molar-refractivity contribution is -0.135. The van der Waals surface area contributed by atoms with Gasteiger partial charge in [-0.2, -0.15) is 0 Å². The number of pyridine rings is 1. The normalized spacial score (nSPS) is 12.2. The molecule has 0 aliphatic carbocycles. The largest absolute Gasteiger partial charge is 0.370 e. The zero-order valence-electron chi connectivity index (χ0n) is 12.5. The van der Waals surface area contributed by atoms with Crippen molar-refractivity contribution in [3.8, 4) is 0 Å². The number of carbonyl (C=O) groups excluding carboxylic acids is 2. The van der Waals surface area contributed by atoms with Gasteiger partial charge >= 0.3 is 0 Å². The number of nitrogens with two attached hydrogens (primary N) is 2. The Morgan fingerprint density at radius 3 is 2.57 bits per heavy atom. The van der Waals surface area contributed by atoms with Crippen LogP contribution < -0.4 is 11.5 Å². The first-order chi connectivity index (χ1) is 9.90. The van der Waals surface area contributed by atoms with E-state index in [9.17, 15) is 9.59 Å². The van der Waals surface area contributed by atoms with E-state index in [1.165, 1.54) is 0 Å². The zero-order chi connectivity index (χ0) is 15.8. The number of primary amides is 1. The SMILES string of the molecule is CN(C)CCN(Cc1cccnc1)C(=O)C(N)CC(N)=O. The Hall–Kier alpha value is -1.99. The molecule has 21 heavy (non-hydrogen) atoms. The number of hydrogen-bond acceptors (Lipinski definition) is 5. The number of carbonyl (C=O) groups is 2. The highest BCUT2D eigenvalue weighted by atomic mass is 16.2. The minimum absolute atomic E-state index is 0.148. The fraction of sp³-hybridized carbons (Fsp3) is 0.500. The van der Waals surface area contributed by atoms with Gasteiger partial charge in [-0.05, 0) is 25.7 Å². The molecule has 1 aromatic heterocycles. The van der Waals surface area contributed by atoms with Crippen molar-refractivity contribution in [1.29, 1.82) is 0 Å². The van der Waals surface area contributed by atoms with Gasteiger partial charge in [-0.15, -0.1) is 0 Å². The maximum absolute atomic E-state index is 12.3. The van der Waals surface area contributed by atoms with E-state index >= 15 is 0 Å².